The molecule has 2 atom stereocenters. The van der Waals surface area contributed by atoms with Crippen LogP contribution in [0.3, 0.4) is 0 Å². The third-order valence-corrected chi connectivity index (χ3v) is 13.8. The first kappa shape index (κ1) is 66.8. The van der Waals surface area contributed by atoms with Gasteiger partial charge in [0, 0.05) is 12.8 Å². The lowest BCUT2D eigenvalue weighted by Gasteiger charge is -2.20. The van der Waals surface area contributed by atoms with Gasteiger partial charge in [0.05, 0.1) is 25.4 Å². The Hall–Kier alpha value is -2.18. The molecule has 404 valence electrons. The van der Waals surface area contributed by atoms with Crippen LogP contribution in [0.25, 0.3) is 0 Å². The molecule has 0 aromatic carbocycles. The number of hydrogen-bond donors (Lipinski definition) is 3. The Morgan fingerprint density at radius 1 is 0.406 bits per heavy atom. The smallest absolute Gasteiger partial charge is 0.305 e. The zero-order valence-corrected chi connectivity index (χ0v) is 46.0. The molecule has 0 radical (unpaired) electrons. The molecule has 1 amide bonds. The van der Waals surface area contributed by atoms with Crippen LogP contribution in [0.1, 0.15) is 316 Å². The number of aliphatic hydroxyl groups is 2. The average molecular weight is 969 g/mol. The molecule has 0 saturated carbocycles. The molecule has 0 aromatic heterocycles. The van der Waals surface area contributed by atoms with Crippen molar-refractivity contribution in [1.82, 2.24) is 5.32 Å². The van der Waals surface area contributed by atoms with E-state index < -0.39 is 12.1 Å². The molecular weight excluding hydrogens is 851 g/mol. The van der Waals surface area contributed by atoms with Crippen LogP contribution in [0.4, 0.5) is 0 Å². The summed E-state index contributed by atoms with van der Waals surface area (Å²) in [6.07, 6.45) is 74.3. The molecule has 0 bridgehead atoms. The molecule has 0 aromatic rings. The second-order valence-electron chi connectivity index (χ2n) is 20.7. The number of aliphatic hydroxyl groups excluding tert-OH is 2. The number of carbonyl (C=O) groups excluding carboxylic acids is 2. The number of hydrogen-bond acceptors (Lipinski definition) is 5. The third-order valence-electron chi connectivity index (χ3n) is 13.8. The molecule has 0 aliphatic heterocycles. The Morgan fingerprint density at radius 3 is 1.14 bits per heavy atom. The van der Waals surface area contributed by atoms with Crippen LogP contribution < -0.4 is 5.32 Å². The highest BCUT2D eigenvalue weighted by molar-refractivity contribution is 5.76. The molecule has 0 fully saturated rings. The zero-order chi connectivity index (χ0) is 50.0. The van der Waals surface area contributed by atoms with Crippen LogP contribution in [0.15, 0.2) is 48.6 Å². The van der Waals surface area contributed by atoms with Crippen LogP contribution in [0.2, 0.25) is 0 Å². The Morgan fingerprint density at radius 2 is 0.725 bits per heavy atom. The van der Waals surface area contributed by atoms with Crippen molar-refractivity contribution in [3.05, 3.63) is 48.6 Å². The predicted molar refractivity (Wildman–Crippen MR) is 301 cm³/mol. The summed E-state index contributed by atoms with van der Waals surface area (Å²) in [5, 5.41) is 23.0. The highest BCUT2D eigenvalue weighted by atomic mass is 16.5. The molecule has 0 heterocycles. The van der Waals surface area contributed by atoms with Crippen molar-refractivity contribution in [2.75, 3.05) is 13.2 Å². The Balaban J connectivity index is 3.42. The minimum atomic E-state index is -0.849. The van der Waals surface area contributed by atoms with E-state index in [0.717, 1.165) is 57.8 Å². The quantitative estimate of drug-likeness (QED) is 0.0321. The SMILES string of the molecule is CCCCC/C=C\C/C=C\CCCCCCCCCCCC(=O)OCCCCCCCCCCCC/C=C\CCCCCCCCCC(=O)NC(CO)C(O)/C=C/CCCCCCCCCCCC. The molecule has 6 nitrogen and oxygen atoms in total. The van der Waals surface area contributed by atoms with Gasteiger partial charge < -0.3 is 20.3 Å². The van der Waals surface area contributed by atoms with Gasteiger partial charge in [-0.1, -0.05) is 262 Å². The maximum Gasteiger partial charge on any atom is 0.305 e. The number of rotatable bonds is 56. The summed E-state index contributed by atoms with van der Waals surface area (Å²) in [7, 11) is 0. The Labute approximate surface area is 429 Å². The van der Waals surface area contributed by atoms with Crippen molar-refractivity contribution < 1.29 is 24.5 Å². The molecule has 0 rings (SSSR count). The highest BCUT2D eigenvalue weighted by Gasteiger charge is 2.18. The van der Waals surface area contributed by atoms with Gasteiger partial charge in [0.25, 0.3) is 0 Å². The number of amides is 1. The van der Waals surface area contributed by atoms with Crippen molar-refractivity contribution in [3.63, 3.8) is 0 Å². The number of unbranched alkanes of at least 4 members (excludes halogenated alkanes) is 39. The predicted octanol–water partition coefficient (Wildman–Crippen LogP) is 19.0. The van der Waals surface area contributed by atoms with Gasteiger partial charge in [-0.3, -0.25) is 9.59 Å². The van der Waals surface area contributed by atoms with E-state index in [9.17, 15) is 19.8 Å². The normalized spacial score (nSPS) is 12.9. The Kier molecular flexibility index (Phi) is 56.5. The summed E-state index contributed by atoms with van der Waals surface area (Å²) in [4.78, 5) is 24.5. The number of esters is 1. The average Bonchev–Trinajstić information content (AvgIpc) is 3.35. The van der Waals surface area contributed by atoms with Gasteiger partial charge in [0.1, 0.15) is 0 Å². The Bertz CT molecular complexity index is 1160. The lowest BCUT2D eigenvalue weighted by Crippen LogP contribution is -2.45. The molecule has 0 spiro atoms. The van der Waals surface area contributed by atoms with Crippen molar-refractivity contribution in [1.29, 1.82) is 0 Å². The lowest BCUT2D eigenvalue weighted by atomic mass is 10.0. The summed E-state index contributed by atoms with van der Waals surface area (Å²) in [6, 6.07) is -0.633. The van der Waals surface area contributed by atoms with E-state index in [1.807, 2.05) is 6.08 Å². The molecular formula is C63H117NO5. The molecule has 69 heavy (non-hydrogen) atoms. The summed E-state index contributed by atoms with van der Waals surface area (Å²) in [5.74, 6) is -0.0734. The summed E-state index contributed by atoms with van der Waals surface area (Å²) < 4.78 is 5.49. The fourth-order valence-electron chi connectivity index (χ4n) is 9.13. The van der Waals surface area contributed by atoms with Gasteiger partial charge >= 0.3 is 5.97 Å². The maximum atomic E-state index is 12.4. The zero-order valence-electron chi connectivity index (χ0n) is 46.0. The third kappa shape index (κ3) is 55.0. The van der Waals surface area contributed by atoms with Crippen molar-refractivity contribution in [2.24, 2.45) is 0 Å². The van der Waals surface area contributed by atoms with E-state index in [1.165, 1.54) is 231 Å². The van der Waals surface area contributed by atoms with Crippen molar-refractivity contribution in [2.45, 2.75) is 328 Å². The first-order valence-corrected chi connectivity index (χ1v) is 30.4. The van der Waals surface area contributed by atoms with Gasteiger partial charge in [-0.15, -0.1) is 0 Å². The molecule has 2 unspecified atom stereocenters. The number of carbonyl (C=O) groups is 2. The summed E-state index contributed by atoms with van der Waals surface area (Å²) in [6.45, 7) is 4.87. The van der Waals surface area contributed by atoms with Gasteiger partial charge in [0.2, 0.25) is 5.91 Å². The van der Waals surface area contributed by atoms with Gasteiger partial charge in [-0.2, -0.15) is 0 Å². The van der Waals surface area contributed by atoms with E-state index >= 15 is 0 Å². The van der Waals surface area contributed by atoms with Gasteiger partial charge in [-0.25, -0.2) is 0 Å². The van der Waals surface area contributed by atoms with E-state index in [-0.39, 0.29) is 18.5 Å². The maximum absolute atomic E-state index is 12.4. The minimum absolute atomic E-state index is 0.00337. The summed E-state index contributed by atoms with van der Waals surface area (Å²) >= 11 is 0. The number of ether oxygens (including phenoxy) is 1. The second-order valence-corrected chi connectivity index (χ2v) is 20.7. The van der Waals surface area contributed by atoms with E-state index in [0.29, 0.717) is 19.4 Å². The lowest BCUT2D eigenvalue weighted by molar-refractivity contribution is -0.143. The minimum Gasteiger partial charge on any atom is -0.466 e. The number of allylic oxidation sites excluding steroid dienone is 7. The van der Waals surface area contributed by atoms with Gasteiger partial charge in [-0.05, 0) is 89.9 Å². The first-order valence-electron chi connectivity index (χ1n) is 30.4. The topological polar surface area (TPSA) is 95.9 Å². The fourth-order valence-corrected chi connectivity index (χ4v) is 9.13. The first-order chi connectivity index (χ1) is 34.0. The summed E-state index contributed by atoms with van der Waals surface area (Å²) in [5.41, 5.74) is 0. The van der Waals surface area contributed by atoms with Gasteiger partial charge in [0.15, 0.2) is 0 Å². The fraction of sp³-hybridized carbons (Fsp3) is 0.841. The largest absolute Gasteiger partial charge is 0.466 e. The van der Waals surface area contributed by atoms with Crippen LogP contribution in [0, 0.1) is 0 Å². The molecule has 0 aliphatic carbocycles. The van der Waals surface area contributed by atoms with Crippen LogP contribution in [-0.4, -0.2) is 47.4 Å². The molecule has 3 N–H and O–H groups in total. The van der Waals surface area contributed by atoms with Crippen molar-refractivity contribution in [3.8, 4) is 0 Å². The monoisotopic (exact) mass is 968 g/mol. The molecule has 0 aliphatic rings. The highest BCUT2D eigenvalue weighted by Crippen LogP contribution is 2.16. The van der Waals surface area contributed by atoms with Crippen LogP contribution >= 0.6 is 0 Å². The van der Waals surface area contributed by atoms with E-state index in [2.05, 4.69) is 55.6 Å². The van der Waals surface area contributed by atoms with E-state index in [1.54, 1.807) is 6.08 Å². The molecule has 0 saturated heterocycles. The standard InChI is InChI=1S/C63H117NO5/c1-3-5-7-9-11-13-15-17-18-19-23-27-30-33-37-41-45-49-53-57-63(68)69-58-54-50-46-42-38-34-31-28-25-22-20-21-24-26-29-32-36-40-44-48-52-56-62(67)64-60(59-65)61(66)55-51-47-43-39-35-16-14-12-10-8-6-4-2/h11,13,17-18,21,24,51,55,60-61,65-66H,3-10,12,14-16,19-20,22-23,25-50,52-54,56-59H2,1-2H3,(H,64,67)/b13-11-,18-17-,24-21-,55-51+. The number of nitrogens with one attached hydrogen (secondary N) is 1. The van der Waals surface area contributed by atoms with Crippen LogP contribution in [-0.2, 0) is 14.3 Å². The second kappa shape index (κ2) is 58.4. The van der Waals surface area contributed by atoms with Crippen LogP contribution in [0.5, 0.6) is 0 Å². The van der Waals surface area contributed by atoms with Crippen molar-refractivity contribution >= 4 is 11.9 Å². The molecule has 6 heteroatoms. The van der Waals surface area contributed by atoms with E-state index in [4.69, 9.17) is 4.74 Å².